The van der Waals surface area contributed by atoms with E-state index in [1.54, 1.807) is 20.3 Å². The van der Waals surface area contributed by atoms with Crippen LogP contribution in [0.3, 0.4) is 0 Å². The van der Waals surface area contributed by atoms with Crippen LogP contribution in [0.1, 0.15) is 67.2 Å². The average Bonchev–Trinajstić information content (AvgIpc) is 3.26. The Kier molecular flexibility index (Phi) is 9.88. The molecule has 2 heterocycles. The van der Waals surface area contributed by atoms with Gasteiger partial charge in [0.2, 0.25) is 5.88 Å². The Morgan fingerprint density at radius 2 is 1.76 bits per heavy atom. The van der Waals surface area contributed by atoms with Gasteiger partial charge in [0, 0.05) is 36.6 Å². The summed E-state index contributed by atoms with van der Waals surface area (Å²) in [6, 6.07) is 14.2. The third-order valence-electron chi connectivity index (χ3n) is 8.51. The molecule has 2 N–H and O–H groups in total. The summed E-state index contributed by atoms with van der Waals surface area (Å²) < 4.78 is 17.3. The number of likely N-dealkylation sites (tertiary alicyclic amines) is 1. The summed E-state index contributed by atoms with van der Waals surface area (Å²) in [6.45, 7) is 6.21. The van der Waals surface area contributed by atoms with E-state index in [9.17, 15) is 5.11 Å². The van der Waals surface area contributed by atoms with Gasteiger partial charge in [0.15, 0.2) is 11.5 Å². The molecule has 5 rings (SSSR count). The molecule has 2 aliphatic rings. The molecule has 0 bridgehead atoms. The molecule has 1 aromatic heterocycles. The normalized spacial score (nSPS) is 18.2. The van der Waals surface area contributed by atoms with Crippen molar-refractivity contribution in [2.75, 3.05) is 45.8 Å². The second kappa shape index (κ2) is 13.9. The molecule has 3 aromatic rings. The maximum Gasteiger partial charge on any atom is 0.213 e. The Bertz CT molecular complexity index is 1270. The third kappa shape index (κ3) is 7.64. The number of nitrogens with zero attached hydrogens (tertiary/aromatic N) is 2. The fourth-order valence-electron chi connectivity index (χ4n) is 6.29. The highest BCUT2D eigenvalue weighted by atomic mass is 16.5. The van der Waals surface area contributed by atoms with Gasteiger partial charge in [-0.15, -0.1) is 0 Å². The number of aromatic hydroxyl groups is 1. The van der Waals surface area contributed by atoms with Crippen molar-refractivity contribution in [1.29, 1.82) is 0 Å². The lowest BCUT2D eigenvalue weighted by atomic mass is 9.79. The van der Waals surface area contributed by atoms with Crippen molar-refractivity contribution in [2.45, 2.75) is 70.3 Å². The van der Waals surface area contributed by atoms with E-state index in [0.717, 1.165) is 49.4 Å². The van der Waals surface area contributed by atoms with Crippen LogP contribution >= 0.6 is 0 Å². The molecular formula is C34H45N3O4. The molecule has 1 saturated heterocycles. The van der Waals surface area contributed by atoms with E-state index in [4.69, 9.17) is 14.2 Å². The Hall–Kier alpha value is -3.45. The van der Waals surface area contributed by atoms with Crippen LogP contribution in [0.4, 0.5) is 5.69 Å². The molecule has 2 unspecified atom stereocenters. The van der Waals surface area contributed by atoms with E-state index < -0.39 is 0 Å². The van der Waals surface area contributed by atoms with E-state index in [0.29, 0.717) is 24.2 Å². The molecule has 7 nitrogen and oxygen atoms in total. The van der Waals surface area contributed by atoms with E-state index >= 15 is 0 Å². The Morgan fingerprint density at radius 3 is 2.49 bits per heavy atom. The molecule has 2 atom stereocenters. The number of fused-ring (bicyclic) bond motifs is 1. The zero-order valence-electron chi connectivity index (χ0n) is 24.8. The maximum atomic E-state index is 9.92. The van der Waals surface area contributed by atoms with Crippen LogP contribution in [0.15, 0.2) is 48.7 Å². The number of methoxy groups -OCH3 is 2. The number of ether oxygens (including phenoxy) is 3. The number of rotatable bonds is 11. The van der Waals surface area contributed by atoms with Crippen molar-refractivity contribution in [3.8, 4) is 23.1 Å². The fourth-order valence-corrected chi connectivity index (χ4v) is 6.29. The number of pyridine rings is 1. The summed E-state index contributed by atoms with van der Waals surface area (Å²) in [7, 11) is 3.36. The molecule has 1 aliphatic heterocycles. The number of hydrogen-bond donors (Lipinski definition) is 2. The highest BCUT2D eigenvalue weighted by Crippen LogP contribution is 2.42. The standard InChI is InChI=1S/C34H45N3O4/c1-24(18-25-8-13-34(35-23-25)41-17-16-37-14-6-4-5-7-15-37)36-31-22-33(40-3)32(39-2)21-30(31)28-10-9-27-20-29(38)12-11-26(27)19-28/h8,11-13,20-24,28,36,38H,4-7,9-10,14-19H2,1-3H3. The maximum absolute atomic E-state index is 9.92. The third-order valence-corrected chi connectivity index (χ3v) is 8.51. The van der Waals surface area contributed by atoms with Crippen LogP contribution in [0, 0.1) is 0 Å². The topological polar surface area (TPSA) is 76.1 Å². The van der Waals surface area contributed by atoms with Crippen molar-refractivity contribution < 1.29 is 19.3 Å². The summed E-state index contributed by atoms with van der Waals surface area (Å²) in [4.78, 5) is 7.09. The first kappa shape index (κ1) is 29.1. The summed E-state index contributed by atoms with van der Waals surface area (Å²) in [6.07, 6.45) is 10.9. The smallest absolute Gasteiger partial charge is 0.213 e. The van der Waals surface area contributed by atoms with Crippen LogP contribution in [-0.2, 0) is 19.3 Å². The molecule has 1 aliphatic carbocycles. The number of aromatic nitrogens is 1. The predicted molar refractivity (Wildman–Crippen MR) is 164 cm³/mol. The zero-order chi connectivity index (χ0) is 28.6. The molecule has 220 valence electrons. The van der Waals surface area contributed by atoms with Gasteiger partial charge < -0.3 is 24.6 Å². The first-order valence-corrected chi connectivity index (χ1v) is 15.2. The zero-order valence-corrected chi connectivity index (χ0v) is 24.8. The van der Waals surface area contributed by atoms with Crippen LogP contribution < -0.4 is 19.5 Å². The van der Waals surface area contributed by atoms with E-state index in [-0.39, 0.29) is 6.04 Å². The van der Waals surface area contributed by atoms with E-state index in [2.05, 4.69) is 46.4 Å². The van der Waals surface area contributed by atoms with Crippen molar-refractivity contribution in [3.05, 3.63) is 70.9 Å². The van der Waals surface area contributed by atoms with Crippen LogP contribution in [0.2, 0.25) is 0 Å². The lowest BCUT2D eigenvalue weighted by Crippen LogP contribution is -2.29. The van der Waals surface area contributed by atoms with Crippen molar-refractivity contribution in [1.82, 2.24) is 9.88 Å². The minimum atomic E-state index is 0.177. The summed E-state index contributed by atoms with van der Waals surface area (Å²) in [5.74, 6) is 2.83. The minimum absolute atomic E-state index is 0.177. The molecule has 2 aromatic carbocycles. The van der Waals surface area contributed by atoms with E-state index in [1.165, 1.54) is 61.0 Å². The van der Waals surface area contributed by atoms with Gasteiger partial charge in [-0.05, 0) is 105 Å². The monoisotopic (exact) mass is 559 g/mol. The first-order valence-electron chi connectivity index (χ1n) is 15.2. The van der Waals surface area contributed by atoms with Gasteiger partial charge in [0.25, 0.3) is 0 Å². The second-order valence-corrected chi connectivity index (χ2v) is 11.5. The fraction of sp³-hybridized carbons (Fsp3) is 0.500. The van der Waals surface area contributed by atoms with Gasteiger partial charge in [-0.2, -0.15) is 0 Å². The number of phenolic OH excluding ortho intramolecular Hbond substituents is 1. The van der Waals surface area contributed by atoms with Crippen LogP contribution in [0.25, 0.3) is 0 Å². The van der Waals surface area contributed by atoms with Gasteiger partial charge in [-0.25, -0.2) is 4.98 Å². The minimum Gasteiger partial charge on any atom is -0.508 e. The number of hydrogen-bond acceptors (Lipinski definition) is 7. The molecule has 41 heavy (non-hydrogen) atoms. The molecule has 1 fully saturated rings. The Balaban J connectivity index is 1.22. The quantitative estimate of drug-likeness (QED) is 0.283. The summed E-state index contributed by atoms with van der Waals surface area (Å²) >= 11 is 0. The first-order chi connectivity index (χ1) is 20.0. The number of anilines is 1. The molecular weight excluding hydrogens is 514 g/mol. The number of benzene rings is 2. The predicted octanol–water partition coefficient (Wildman–Crippen LogP) is 6.37. The summed E-state index contributed by atoms with van der Waals surface area (Å²) in [5, 5.41) is 13.7. The molecule has 7 heteroatoms. The lowest BCUT2D eigenvalue weighted by Gasteiger charge is -2.29. The Morgan fingerprint density at radius 1 is 0.976 bits per heavy atom. The van der Waals surface area contributed by atoms with Gasteiger partial charge in [-0.1, -0.05) is 25.0 Å². The van der Waals surface area contributed by atoms with Crippen LogP contribution in [0.5, 0.6) is 23.1 Å². The average molecular weight is 560 g/mol. The van der Waals surface area contributed by atoms with Gasteiger partial charge in [0.1, 0.15) is 12.4 Å². The van der Waals surface area contributed by atoms with Gasteiger partial charge in [0.05, 0.1) is 14.2 Å². The van der Waals surface area contributed by atoms with Crippen molar-refractivity contribution in [2.24, 2.45) is 0 Å². The van der Waals surface area contributed by atoms with Crippen molar-refractivity contribution >= 4 is 5.69 Å². The largest absolute Gasteiger partial charge is 0.508 e. The Labute approximate surface area is 244 Å². The molecule has 0 saturated carbocycles. The molecule has 0 amide bonds. The van der Waals surface area contributed by atoms with Gasteiger partial charge in [-0.3, -0.25) is 4.90 Å². The number of phenols is 1. The molecule has 0 spiro atoms. The van der Waals surface area contributed by atoms with Gasteiger partial charge >= 0.3 is 0 Å². The molecule has 0 radical (unpaired) electrons. The van der Waals surface area contributed by atoms with Crippen molar-refractivity contribution in [3.63, 3.8) is 0 Å². The van der Waals surface area contributed by atoms with Crippen LogP contribution in [-0.4, -0.2) is 61.5 Å². The highest BCUT2D eigenvalue weighted by molar-refractivity contribution is 5.63. The number of aryl methyl sites for hydroxylation is 1. The van der Waals surface area contributed by atoms with E-state index in [1.807, 2.05) is 18.3 Å². The number of nitrogens with one attached hydrogen (secondary N) is 1. The highest BCUT2D eigenvalue weighted by Gasteiger charge is 2.25. The second-order valence-electron chi connectivity index (χ2n) is 11.5. The summed E-state index contributed by atoms with van der Waals surface area (Å²) in [5.41, 5.74) is 6.01. The lowest BCUT2D eigenvalue weighted by molar-refractivity contribution is 0.209. The SMILES string of the molecule is COc1cc(NC(C)Cc2ccc(OCCN3CCCCCC3)nc2)c(C2CCc3cc(O)ccc3C2)cc1OC.